The summed E-state index contributed by atoms with van der Waals surface area (Å²) in [5.74, 6) is -1.68. The molecule has 0 aliphatic carbocycles. The Hall–Kier alpha value is -1.79. The minimum Gasteiger partial charge on any atom is -0.285 e. The molecule has 0 radical (unpaired) electrons. The van der Waals surface area contributed by atoms with Crippen molar-refractivity contribution < 1.29 is 14.0 Å². The summed E-state index contributed by atoms with van der Waals surface area (Å²) in [7, 11) is 0. The molecular formula is C15H14ClFN2O2S. The van der Waals surface area contributed by atoms with Crippen LogP contribution in [0.2, 0.25) is 5.02 Å². The number of carbonyl (C=O) groups excluding carboxylic acids is 2. The molecule has 0 N–H and O–H groups in total. The van der Waals surface area contributed by atoms with E-state index in [0.29, 0.717) is 13.1 Å². The molecule has 1 aliphatic rings. The first-order chi connectivity index (χ1) is 10.4. The number of thiocarbonyl (C=S) groups is 1. The molecule has 0 saturated carbocycles. The van der Waals surface area contributed by atoms with Crippen LogP contribution in [0, 0.1) is 5.82 Å². The second-order valence-electron chi connectivity index (χ2n) is 4.57. The molecule has 7 heteroatoms. The van der Waals surface area contributed by atoms with Crippen LogP contribution in [0.4, 0.5) is 4.39 Å². The molecule has 1 fully saturated rings. The molecule has 2 rings (SSSR count). The molecular weight excluding hydrogens is 327 g/mol. The zero-order valence-electron chi connectivity index (χ0n) is 12.1. The van der Waals surface area contributed by atoms with E-state index in [1.54, 1.807) is 13.8 Å². The van der Waals surface area contributed by atoms with E-state index in [1.165, 1.54) is 34.1 Å². The Kier molecular flexibility index (Phi) is 4.93. The monoisotopic (exact) mass is 340 g/mol. The molecule has 0 aromatic heterocycles. The standard InChI is InChI=1S/C15H14ClFN2O2S/c1-3-18-13(20)10(14(21)19(4-2)15(18)22)8-9-11(16)6-5-7-12(9)17/h5-8H,3-4H2,1-2H3. The lowest BCUT2D eigenvalue weighted by Crippen LogP contribution is -2.55. The van der Waals surface area contributed by atoms with Gasteiger partial charge in [0.25, 0.3) is 11.8 Å². The maximum Gasteiger partial charge on any atom is 0.265 e. The van der Waals surface area contributed by atoms with E-state index < -0.39 is 17.6 Å². The van der Waals surface area contributed by atoms with E-state index in [4.69, 9.17) is 23.8 Å². The topological polar surface area (TPSA) is 40.6 Å². The third-order valence-corrected chi connectivity index (χ3v) is 4.10. The van der Waals surface area contributed by atoms with Crippen LogP contribution in [0.3, 0.4) is 0 Å². The van der Waals surface area contributed by atoms with Gasteiger partial charge in [0.2, 0.25) is 0 Å². The summed E-state index contributed by atoms with van der Waals surface area (Å²) >= 11 is 11.1. The first-order valence-corrected chi connectivity index (χ1v) is 7.54. The lowest BCUT2D eigenvalue weighted by molar-refractivity contribution is -0.133. The predicted molar refractivity (Wildman–Crippen MR) is 86.8 cm³/mol. The van der Waals surface area contributed by atoms with E-state index in [0.717, 1.165) is 0 Å². The number of nitrogens with zero attached hydrogens (tertiary/aromatic N) is 2. The molecule has 0 spiro atoms. The van der Waals surface area contributed by atoms with Gasteiger partial charge >= 0.3 is 0 Å². The van der Waals surface area contributed by atoms with Crippen LogP contribution in [0.25, 0.3) is 6.08 Å². The van der Waals surface area contributed by atoms with E-state index in [-0.39, 0.29) is 21.3 Å². The normalized spacial score (nSPS) is 15.6. The molecule has 2 amide bonds. The fourth-order valence-corrected chi connectivity index (χ4v) is 2.82. The highest BCUT2D eigenvalue weighted by atomic mass is 35.5. The molecule has 4 nitrogen and oxygen atoms in total. The number of hydrogen-bond acceptors (Lipinski definition) is 3. The van der Waals surface area contributed by atoms with Crippen molar-refractivity contribution in [3.63, 3.8) is 0 Å². The Labute approximate surface area is 138 Å². The minimum atomic E-state index is -0.597. The van der Waals surface area contributed by atoms with Crippen LogP contribution < -0.4 is 0 Å². The average Bonchev–Trinajstić information content (AvgIpc) is 2.47. The van der Waals surface area contributed by atoms with Crippen LogP contribution >= 0.6 is 23.8 Å². The van der Waals surface area contributed by atoms with Gasteiger partial charge in [-0.1, -0.05) is 17.7 Å². The van der Waals surface area contributed by atoms with Crippen LogP contribution in [0.1, 0.15) is 19.4 Å². The Bertz CT molecular complexity index is 642. The smallest absolute Gasteiger partial charge is 0.265 e. The van der Waals surface area contributed by atoms with Crippen LogP contribution in [0.15, 0.2) is 23.8 Å². The summed E-state index contributed by atoms with van der Waals surface area (Å²) < 4.78 is 13.9. The van der Waals surface area contributed by atoms with Gasteiger partial charge in [0.05, 0.1) is 5.02 Å². The van der Waals surface area contributed by atoms with Gasteiger partial charge in [0.15, 0.2) is 5.11 Å². The highest BCUT2D eigenvalue weighted by molar-refractivity contribution is 7.80. The summed E-state index contributed by atoms with van der Waals surface area (Å²) in [5.41, 5.74) is -0.134. The fraction of sp³-hybridized carbons (Fsp3) is 0.267. The molecule has 0 bridgehead atoms. The zero-order chi connectivity index (χ0) is 16.4. The van der Waals surface area contributed by atoms with Crippen molar-refractivity contribution in [2.45, 2.75) is 13.8 Å². The summed E-state index contributed by atoms with van der Waals surface area (Å²) in [6, 6.07) is 4.17. The van der Waals surface area contributed by atoms with Crippen LogP contribution in [-0.2, 0) is 9.59 Å². The van der Waals surface area contributed by atoms with Gasteiger partial charge in [-0.3, -0.25) is 19.4 Å². The lowest BCUT2D eigenvalue weighted by atomic mass is 10.1. The van der Waals surface area contributed by atoms with Gasteiger partial charge < -0.3 is 0 Å². The molecule has 0 atom stereocenters. The molecule has 116 valence electrons. The molecule has 1 heterocycles. The van der Waals surface area contributed by atoms with E-state index in [9.17, 15) is 14.0 Å². The van der Waals surface area contributed by atoms with Crippen LogP contribution in [-0.4, -0.2) is 39.8 Å². The first-order valence-electron chi connectivity index (χ1n) is 6.75. The lowest BCUT2D eigenvalue weighted by Gasteiger charge is -2.35. The highest BCUT2D eigenvalue weighted by Gasteiger charge is 2.38. The Morgan fingerprint density at radius 1 is 1.18 bits per heavy atom. The van der Waals surface area contributed by atoms with Crippen molar-refractivity contribution >= 4 is 46.8 Å². The molecule has 1 saturated heterocycles. The third kappa shape index (κ3) is 2.76. The first kappa shape index (κ1) is 16.6. The molecule has 1 aromatic carbocycles. The second kappa shape index (κ2) is 6.54. The average molecular weight is 341 g/mol. The highest BCUT2D eigenvalue weighted by Crippen LogP contribution is 2.25. The SMILES string of the molecule is CCN1C(=O)C(=Cc2c(F)cccc2Cl)C(=O)N(CC)C1=S. The van der Waals surface area contributed by atoms with Crippen LogP contribution in [0.5, 0.6) is 0 Å². The van der Waals surface area contributed by atoms with E-state index in [1.807, 2.05) is 0 Å². The summed E-state index contributed by atoms with van der Waals surface area (Å²) in [6.45, 7) is 4.15. The number of hydrogen-bond donors (Lipinski definition) is 0. The van der Waals surface area contributed by atoms with Gasteiger partial charge in [-0.25, -0.2) is 4.39 Å². The van der Waals surface area contributed by atoms with Crippen molar-refractivity contribution in [2.24, 2.45) is 0 Å². The number of likely N-dealkylation sites (N-methyl/N-ethyl adjacent to an activating group) is 2. The van der Waals surface area contributed by atoms with Gasteiger partial charge in [-0.15, -0.1) is 0 Å². The summed E-state index contributed by atoms with van der Waals surface area (Å²) in [6.07, 6.45) is 1.19. The fourth-order valence-electron chi connectivity index (χ4n) is 2.18. The van der Waals surface area contributed by atoms with Crippen molar-refractivity contribution in [3.05, 3.63) is 40.2 Å². The Morgan fingerprint density at radius 2 is 1.73 bits per heavy atom. The molecule has 22 heavy (non-hydrogen) atoms. The van der Waals surface area contributed by atoms with Crippen molar-refractivity contribution in [3.8, 4) is 0 Å². The second-order valence-corrected chi connectivity index (χ2v) is 5.35. The zero-order valence-corrected chi connectivity index (χ0v) is 13.7. The van der Waals surface area contributed by atoms with Gasteiger partial charge in [0.1, 0.15) is 11.4 Å². The predicted octanol–water partition coefficient (Wildman–Crippen LogP) is 2.86. The summed E-state index contributed by atoms with van der Waals surface area (Å²) in [5, 5.41) is 0.295. The van der Waals surface area contributed by atoms with Crippen molar-refractivity contribution in [1.82, 2.24) is 9.80 Å². The third-order valence-electron chi connectivity index (χ3n) is 3.33. The largest absolute Gasteiger partial charge is 0.285 e. The Balaban J connectivity index is 2.57. The number of carbonyl (C=O) groups is 2. The maximum absolute atomic E-state index is 13.9. The number of rotatable bonds is 3. The molecule has 1 aromatic rings. The van der Waals surface area contributed by atoms with Crippen molar-refractivity contribution in [2.75, 3.05) is 13.1 Å². The number of halogens is 2. The minimum absolute atomic E-state index is 0.0146. The van der Waals surface area contributed by atoms with Gasteiger partial charge in [0, 0.05) is 18.7 Å². The Morgan fingerprint density at radius 3 is 2.18 bits per heavy atom. The van der Waals surface area contributed by atoms with Gasteiger partial charge in [-0.05, 0) is 44.3 Å². The quantitative estimate of drug-likeness (QED) is 0.482. The van der Waals surface area contributed by atoms with E-state index in [2.05, 4.69) is 0 Å². The van der Waals surface area contributed by atoms with E-state index >= 15 is 0 Å². The summed E-state index contributed by atoms with van der Waals surface area (Å²) in [4.78, 5) is 27.5. The molecule has 0 unspecified atom stereocenters. The van der Waals surface area contributed by atoms with Gasteiger partial charge in [-0.2, -0.15) is 0 Å². The number of benzene rings is 1. The number of amides is 2. The maximum atomic E-state index is 13.9. The van der Waals surface area contributed by atoms with Crippen molar-refractivity contribution in [1.29, 1.82) is 0 Å². The molecule has 1 aliphatic heterocycles.